The average Bonchev–Trinajstić information content (AvgIpc) is 2.12. The van der Waals surface area contributed by atoms with Crippen LogP contribution in [0.2, 0.25) is 0 Å². The highest BCUT2D eigenvalue weighted by Crippen LogP contribution is 2.18. The molecule has 0 amide bonds. The van der Waals surface area contributed by atoms with Gasteiger partial charge in [-0.1, -0.05) is 12.2 Å². The summed E-state index contributed by atoms with van der Waals surface area (Å²) in [6.07, 6.45) is 4.94. The average molecular weight is 158 g/mol. The van der Waals surface area contributed by atoms with E-state index in [4.69, 9.17) is 9.29 Å². The fourth-order valence-corrected chi connectivity index (χ4v) is 0.961. The lowest BCUT2D eigenvalue weighted by atomic mass is 10.4. The van der Waals surface area contributed by atoms with Crippen LogP contribution in [0.1, 0.15) is 0 Å². The normalized spacial score (nSPS) is 17.8. The minimum absolute atomic E-state index is 0.216. The molecule has 0 fully saturated rings. The Bertz CT molecular complexity index is 195. The highest BCUT2D eigenvalue weighted by atomic mass is 32.2. The van der Waals surface area contributed by atoms with Crippen LogP contribution in [0.3, 0.4) is 0 Å². The fourth-order valence-electron chi connectivity index (χ4n) is 0.482. The maximum absolute atomic E-state index is 10.3. The number of carbonyl (C=O) groups is 1. The smallest absolute Gasteiger partial charge is 0.344 e. The summed E-state index contributed by atoms with van der Waals surface area (Å²) in [4.78, 5) is 10.5. The first-order valence-electron chi connectivity index (χ1n) is 2.70. The Kier molecular flexibility index (Phi) is 2.53. The second kappa shape index (κ2) is 3.43. The van der Waals surface area contributed by atoms with E-state index < -0.39 is 5.97 Å². The Morgan fingerprint density at radius 3 is 3.30 bits per heavy atom. The van der Waals surface area contributed by atoms with Gasteiger partial charge in [-0.25, -0.2) is 4.79 Å². The third kappa shape index (κ3) is 1.89. The van der Waals surface area contributed by atoms with Gasteiger partial charge in [-0.15, -0.1) is 0 Å². The van der Waals surface area contributed by atoms with Gasteiger partial charge in [-0.3, -0.25) is 0 Å². The molecule has 3 nitrogen and oxygen atoms in total. The third-order valence-electron chi connectivity index (χ3n) is 0.907. The summed E-state index contributed by atoms with van der Waals surface area (Å²) in [6.45, 7) is 0.456. The van der Waals surface area contributed by atoms with Crippen LogP contribution in [0.5, 0.6) is 0 Å². The van der Waals surface area contributed by atoms with Crippen molar-refractivity contribution in [2.24, 2.45) is 0 Å². The molecule has 1 rings (SSSR count). The minimum atomic E-state index is -0.948. The van der Waals surface area contributed by atoms with Crippen LogP contribution in [0.4, 0.5) is 0 Å². The first-order valence-corrected chi connectivity index (χ1v) is 3.44. The zero-order chi connectivity index (χ0) is 7.40. The lowest BCUT2D eigenvalue weighted by molar-refractivity contribution is -0.131. The van der Waals surface area contributed by atoms with Gasteiger partial charge < -0.3 is 9.29 Å². The molecule has 1 heterocycles. The summed E-state index contributed by atoms with van der Waals surface area (Å²) in [5, 5.41) is 8.46. The van der Waals surface area contributed by atoms with E-state index in [2.05, 4.69) is 0 Å². The lowest BCUT2D eigenvalue weighted by Gasteiger charge is -1.95. The highest BCUT2D eigenvalue weighted by molar-refractivity contribution is 7.99. The number of allylic oxidation sites excluding steroid dienone is 2. The van der Waals surface area contributed by atoms with Crippen molar-refractivity contribution >= 4 is 18.0 Å². The van der Waals surface area contributed by atoms with E-state index in [-0.39, 0.29) is 4.91 Å². The first-order chi connectivity index (χ1) is 4.80. The second-order valence-electron chi connectivity index (χ2n) is 1.63. The summed E-state index contributed by atoms with van der Waals surface area (Å²) in [7, 11) is 0. The summed E-state index contributed by atoms with van der Waals surface area (Å²) in [6, 6.07) is 0. The molecular weight excluding hydrogens is 152 g/mol. The SMILES string of the molecule is O=C(O)C1=CC=CCOS1. The van der Waals surface area contributed by atoms with Crippen LogP contribution in [0.25, 0.3) is 0 Å². The molecule has 0 spiro atoms. The fraction of sp³-hybridized carbons (Fsp3) is 0.167. The number of rotatable bonds is 1. The number of hydrogen-bond acceptors (Lipinski definition) is 3. The standard InChI is InChI=1S/C6H6O3S/c7-6(8)5-3-1-2-4-9-10-5/h1-3H,4H2,(H,7,8). The molecule has 1 aliphatic heterocycles. The van der Waals surface area contributed by atoms with Gasteiger partial charge in [0.1, 0.15) is 4.91 Å². The molecule has 0 saturated heterocycles. The van der Waals surface area contributed by atoms with Crippen molar-refractivity contribution in [2.45, 2.75) is 0 Å². The molecule has 54 valence electrons. The summed E-state index contributed by atoms with van der Waals surface area (Å²) >= 11 is 0.891. The van der Waals surface area contributed by atoms with Crippen molar-refractivity contribution in [3.8, 4) is 0 Å². The molecule has 0 aliphatic carbocycles. The van der Waals surface area contributed by atoms with Gasteiger partial charge in [-0.05, 0) is 6.08 Å². The summed E-state index contributed by atoms with van der Waals surface area (Å²) in [5.74, 6) is -0.948. The quantitative estimate of drug-likeness (QED) is 0.582. The topological polar surface area (TPSA) is 46.5 Å². The van der Waals surface area contributed by atoms with Crippen molar-refractivity contribution in [1.82, 2.24) is 0 Å². The molecule has 1 N–H and O–H groups in total. The van der Waals surface area contributed by atoms with Crippen LogP contribution >= 0.6 is 12.0 Å². The summed E-state index contributed by atoms with van der Waals surface area (Å²) < 4.78 is 4.85. The van der Waals surface area contributed by atoms with Gasteiger partial charge in [0.15, 0.2) is 0 Å². The summed E-state index contributed by atoms with van der Waals surface area (Å²) in [5.41, 5.74) is 0. The van der Waals surface area contributed by atoms with Crippen LogP contribution in [-0.2, 0) is 8.98 Å². The monoisotopic (exact) mass is 158 g/mol. The van der Waals surface area contributed by atoms with E-state index in [1.165, 1.54) is 6.08 Å². The predicted octanol–water partition coefficient (Wildman–Crippen LogP) is 1.19. The Morgan fingerprint density at radius 2 is 2.60 bits per heavy atom. The van der Waals surface area contributed by atoms with Crippen molar-refractivity contribution < 1.29 is 14.1 Å². The third-order valence-corrected chi connectivity index (χ3v) is 1.65. The molecule has 0 aromatic heterocycles. The van der Waals surface area contributed by atoms with Gasteiger partial charge in [0.25, 0.3) is 0 Å². The van der Waals surface area contributed by atoms with Gasteiger partial charge in [0.05, 0.1) is 6.61 Å². The van der Waals surface area contributed by atoms with E-state index >= 15 is 0 Å². The largest absolute Gasteiger partial charge is 0.477 e. The molecule has 1 aliphatic rings. The van der Waals surface area contributed by atoms with Crippen molar-refractivity contribution in [1.29, 1.82) is 0 Å². The maximum atomic E-state index is 10.3. The van der Waals surface area contributed by atoms with E-state index in [1.54, 1.807) is 12.2 Å². The molecule has 0 radical (unpaired) electrons. The van der Waals surface area contributed by atoms with Crippen molar-refractivity contribution in [3.63, 3.8) is 0 Å². The molecule has 0 unspecified atom stereocenters. The minimum Gasteiger partial charge on any atom is -0.477 e. The van der Waals surface area contributed by atoms with E-state index in [9.17, 15) is 4.79 Å². The molecule has 0 atom stereocenters. The zero-order valence-electron chi connectivity index (χ0n) is 5.11. The van der Waals surface area contributed by atoms with Gasteiger partial charge in [-0.2, -0.15) is 0 Å². The van der Waals surface area contributed by atoms with Crippen molar-refractivity contribution in [2.75, 3.05) is 6.61 Å². The highest BCUT2D eigenvalue weighted by Gasteiger charge is 2.08. The van der Waals surface area contributed by atoms with Gasteiger partial charge in [0, 0.05) is 12.0 Å². The number of carboxylic acids is 1. The molecule has 10 heavy (non-hydrogen) atoms. The van der Waals surface area contributed by atoms with Crippen molar-refractivity contribution in [3.05, 3.63) is 23.1 Å². The van der Waals surface area contributed by atoms with Crippen LogP contribution in [0, 0.1) is 0 Å². The second-order valence-corrected chi connectivity index (χ2v) is 2.47. The maximum Gasteiger partial charge on any atom is 0.344 e. The van der Waals surface area contributed by atoms with Crippen LogP contribution in [-0.4, -0.2) is 17.7 Å². The Hall–Kier alpha value is -0.740. The molecule has 0 saturated carbocycles. The molecule has 0 bridgehead atoms. The Labute approximate surface area is 62.6 Å². The van der Waals surface area contributed by atoms with Crippen LogP contribution < -0.4 is 0 Å². The number of aliphatic carboxylic acids is 1. The number of carboxylic acid groups (broad SMARTS) is 1. The van der Waals surface area contributed by atoms with Crippen LogP contribution in [0.15, 0.2) is 23.1 Å². The first kappa shape index (κ1) is 7.37. The molecule has 4 heteroatoms. The zero-order valence-corrected chi connectivity index (χ0v) is 5.93. The molecule has 0 aromatic rings. The number of hydrogen-bond donors (Lipinski definition) is 1. The molecular formula is C6H6O3S. The lowest BCUT2D eigenvalue weighted by Crippen LogP contribution is -1.95. The van der Waals surface area contributed by atoms with E-state index in [0.29, 0.717) is 6.61 Å². The van der Waals surface area contributed by atoms with Gasteiger partial charge in [0.2, 0.25) is 0 Å². The Balaban J connectivity index is 2.66. The van der Waals surface area contributed by atoms with Gasteiger partial charge >= 0.3 is 5.97 Å². The molecule has 0 aromatic carbocycles. The predicted molar refractivity (Wildman–Crippen MR) is 38.4 cm³/mol. The van der Waals surface area contributed by atoms with E-state index in [1.807, 2.05) is 0 Å². The Morgan fingerprint density at radius 1 is 1.80 bits per heavy atom. The van der Waals surface area contributed by atoms with E-state index in [0.717, 1.165) is 12.0 Å².